The van der Waals surface area contributed by atoms with E-state index < -0.39 is 14.9 Å². The van der Waals surface area contributed by atoms with E-state index in [-0.39, 0.29) is 22.2 Å². The average Bonchev–Trinajstić information content (AvgIpc) is 2.71. The summed E-state index contributed by atoms with van der Waals surface area (Å²) in [6, 6.07) is 14.6. The zero-order valence-electron chi connectivity index (χ0n) is 16.5. The number of rotatable bonds is 6. The molecule has 2 N–H and O–H groups in total. The minimum atomic E-state index is -4.05. The Labute approximate surface area is 184 Å². The highest BCUT2D eigenvalue weighted by atomic mass is 35.5. The summed E-state index contributed by atoms with van der Waals surface area (Å²) in [6.07, 6.45) is 0. The predicted octanol–water partition coefficient (Wildman–Crippen LogP) is 4.92. The molecule has 0 spiro atoms. The van der Waals surface area contributed by atoms with Crippen molar-refractivity contribution in [1.29, 1.82) is 0 Å². The predicted molar refractivity (Wildman–Crippen MR) is 119 cm³/mol. The smallest absolute Gasteiger partial charge is 0.273 e. The Bertz CT molecular complexity index is 1270. The highest BCUT2D eigenvalue weighted by Crippen LogP contribution is 2.25. The third-order valence-electron chi connectivity index (χ3n) is 4.60. The summed E-state index contributed by atoms with van der Waals surface area (Å²) in [5.41, 5.74) is 1.89. The van der Waals surface area contributed by atoms with Crippen LogP contribution in [0.1, 0.15) is 21.5 Å². The van der Waals surface area contributed by atoms with E-state index in [9.17, 15) is 23.3 Å². The topological polar surface area (TPSA) is 118 Å². The molecule has 0 saturated carbocycles. The highest BCUT2D eigenvalue weighted by Gasteiger charge is 2.20. The summed E-state index contributed by atoms with van der Waals surface area (Å²) in [5, 5.41) is 14.4. The Morgan fingerprint density at radius 2 is 1.71 bits per heavy atom. The van der Waals surface area contributed by atoms with Crippen LogP contribution in [0.4, 0.5) is 17.1 Å². The van der Waals surface area contributed by atoms with Crippen LogP contribution in [0.3, 0.4) is 0 Å². The molecule has 0 atom stereocenters. The Kier molecular flexibility index (Phi) is 6.28. The number of nitrogens with zero attached hydrogens (tertiary/aromatic N) is 1. The van der Waals surface area contributed by atoms with Gasteiger partial charge >= 0.3 is 0 Å². The van der Waals surface area contributed by atoms with Crippen molar-refractivity contribution < 1.29 is 18.1 Å². The number of carbonyl (C=O) groups is 1. The number of nitro groups is 1. The first-order valence-electron chi connectivity index (χ1n) is 9.03. The molecule has 0 radical (unpaired) electrons. The Hall–Kier alpha value is -3.43. The van der Waals surface area contributed by atoms with E-state index >= 15 is 0 Å². The zero-order chi connectivity index (χ0) is 22.8. The third-order valence-corrected chi connectivity index (χ3v) is 6.39. The molecule has 0 aliphatic carbocycles. The van der Waals surface area contributed by atoms with Gasteiger partial charge in [0.15, 0.2) is 0 Å². The van der Waals surface area contributed by atoms with Crippen LogP contribution in [0.2, 0.25) is 5.02 Å². The fraction of sp³-hybridized carbons (Fsp3) is 0.0952. The lowest BCUT2D eigenvalue weighted by Gasteiger charge is -2.11. The van der Waals surface area contributed by atoms with Gasteiger partial charge in [0.05, 0.1) is 9.82 Å². The standard InChI is InChI=1S/C21H18ClN3O5S/c1-13-6-11-17(12-20(13)25(27)28)31(29,30)24-16-9-7-15(8-10-16)21(26)23-19-5-3-4-18(22)14(19)2/h3-12,24H,1-2H3,(H,23,26). The minimum absolute atomic E-state index is 0.207. The Morgan fingerprint density at radius 3 is 2.35 bits per heavy atom. The normalized spacial score (nSPS) is 11.1. The molecule has 0 aliphatic heterocycles. The van der Waals surface area contributed by atoms with Crippen molar-refractivity contribution in [2.75, 3.05) is 10.0 Å². The summed E-state index contributed by atoms with van der Waals surface area (Å²) >= 11 is 6.06. The molecule has 3 aromatic carbocycles. The largest absolute Gasteiger partial charge is 0.322 e. The minimum Gasteiger partial charge on any atom is -0.322 e. The highest BCUT2D eigenvalue weighted by molar-refractivity contribution is 7.92. The molecule has 0 heterocycles. The van der Waals surface area contributed by atoms with Crippen LogP contribution in [0, 0.1) is 24.0 Å². The maximum Gasteiger partial charge on any atom is 0.273 e. The molecule has 31 heavy (non-hydrogen) atoms. The van der Waals surface area contributed by atoms with Gasteiger partial charge < -0.3 is 5.32 Å². The van der Waals surface area contributed by atoms with Crippen LogP contribution in [0.15, 0.2) is 65.6 Å². The molecule has 1 amide bonds. The summed E-state index contributed by atoms with van der Waals surface area (Å²) in [4.78, 5) is 22.7. The molecular weight excluding hydrogens is 442 g/mol. The molecule has 0 bridgehead atoms. The molecule has 3 aromatic rings. The molecule has 0 unspecified atom stereocenters. The van der Waals surface area contributed by atoms with Gasteiger partial charge in [0.1, 0.15) is 0 Å². The second kappa shape index (κ2) is 8.75. The number of hydrogen-bond donors (Lipinski definition) is 2. The van der Waals surface area contributed by atoms with Crippen molar-refractivity contribution >= 4 is 44.6 Å². The molecule has 0 saturated heterocycles. The quantitative estimate of drug-likeness (QED) is 0.400. The SMILES string of the molecule is Cc1ccc(S(=O)(=O)Nc2ccc(C(=O)Nc3cccc(Cl)c3C)cc2)cc1[N+](=O)[O-]. The van der Waals surface area contributed by atoms with E-state index in [0.29, 0.717) is 21.8 Å². The van der Waals surface area contributed by atoms with E-state index in [2.05, 4.69) is 10.0 Å². The van der Waals surface area contributed by atoms with Crippen molar-refractivity contribution in [2.24, 2.45) is 0 Å². The van der Waals surface area contributed by atoms with Crippen LogP contribution >= 0.6 is 11.6 Å². The van der Waals surface area contributed by atoms with Gasteiger partial charge in [-0.25, -0.2) is 8.42 Å². The zero-order valence-corrected chi connectivity index (χ0v) is 18.1. The number of sulfonamides is 1. The summed E-state index contributed by atoms with van der Waals surface area (Å²) in [6.45, 7) is 3.31. The number of aryl methyl sites for hydroxylation is 1. The first kappa shape index (κ1) is 22.3. The lowest BCUT2D eigenvalue weighted by atomic mass is 10.1. The van der Waals surface area contributed by atoms with Crippen molar-refractivity contribution in [1.82, 2.24) is 0 Å². The van der Waals surface area contributed by atoms with Gasteiger partial charge in [-0.05, 0) is 61.9 Å². The number of carbonyl (C=O) groups excluding carboxylic acids is 1. The fourth-order valence-electron chi connectivity index (χ4n) is 2.79. The lowest BCUT2D eigenvalue weighted by molar-refractivity contribution is -0.385. The molecule has 0 aromatic heterocycles. The van der Waals surface area contributed by atoms with Crippen molar-refractivity contribution in [3.8, 4) is 0 Å². The van der Waals surface area contributed by atoms with Gasteiger partial charge in [0.2, 0.25) is 0 Å². The van der Waals surface area contributed by atoms with E-state index in [4.69, 9.17) is 11.6 Å². The van der Waals surface area contributed by atoms with Crippen LogP contribution in [-0.4, -0.2) is 19.2 Å². The molecule has 3 rings (SSSR count). The number of benzene rings is 3. The molecule has 160 valence electrons. The van der Waals surface area contributed by atoms with Crippen molar-refractivity contribution in [3.05, 3.63) is 92.5 Å². The summed E-state index contributed by atoms with van der Waals surface area (Å²) in [7, 11) is -4.05. The first-order valence-corrected chi connectivity index (χ1v) is 10.9. The van der Waals surface area contributed by atoms with Crippen LogP contribution in [0.5, 0.6) is 0 Å². The van der Waals surface area contributed by atoms with Gasteiger partial charge in [0, 0.05) is 33.6 Å². The number of amides is 1. The summed E-state index contributed by atoms with van der Waals surface area (Å²) < 4.78 is 27.5. The first-order chi connectivity index (χ1) is 14.6. The monoisotopic (exact) mass is 459 g/mol. The van der Waals surface area contributed by atoms with Crippen molar-refractivity contribution in [3.63, 3.8) is 0 Å². The number of hydrogen-bond acceptors (Lipinski definition) is 5. The maximum absolute atomic E-state index is 12.6. The van der Waals surface area contributed by atoms with Gasteiger partial charge in [-0.15, -0.1) is 0 Å². The molecule has 0 fully saturated rings. The van der Waals surface area contributed by atoms with Crippen molar-refractivity contribution in [2.45, 2.75) is 18.7 Å². The van der Waals surface area contributed by atoms with E-state index in [1.807, 2.05) is 0 Å². The van der Waals surface area contributed by atoms with Crippen LogP contribution in [0.25, 0.3) is 0 Å². The second-order valence-electron chi connectivity index (χ2n) is 6.75. The molecule has 8 nitrogen and oxygen atoms in total. The van der Waals surface area contributed by atoms with Gasteiger partial charge in [0.25, 0.3) is 21.6 Å². The number of halogens is 1. The van der Waals surface area contributed by atoms with Gasteiger partial charge in [-0.1, -0.05) is 23.7 Å². The fourth-order valence-corrected chi connectivity index (χ4v) is 4.05. The Morgan fingerprint density at radius 1 is 1.03 bits per heavy atom. The molecule has 0 aliphatic rings. The molecular formula is C21H18ClN3O5S. The number of nitrogens with one attached hydrogen (secondary N) is 2. The second-order valence-corrected chi connectivity index (χ2v) is 8.84. The van der Waals surface area contributed by atoms with Gasteiger partial charge in [-0.3, -0.25) is 19.6 Å². The van der Waals surface area contributed by atoms with E-state index in [0.717, 1.165) is 11.6 Å². The van der Waals surface area contributed by atoms with Crippen LogP contribution < -0.4 is 10.0 Å². The molecule has 10 heteroatoms. The Balaban J connectivity index is 1.77. The van der Waals surface area contributed by atoms with Crippen LogP contribution in [-0.2, 0) is 10.0 Å². The van der Waals surface area contributed by atoms with Gasteiger partial charge in [-0.2, -0.15) is 0 Å². The maximum atomic E-state index is 12.6. The van der Waals surface area contributed by atoms with E-state index in [1.54, 1.807) is 25.1 Å². The lowest BCUT2D eigenvalue weighted by Crippen LogP contribution is -2.15. The van der Waals surface area contributed by atoms with E-state index in [1.165, 1.54) is 43.3 Å². The summed E-state index contributed by atoms with van der Waals surface area (Å²) in [5.74, 6) is -0.381. The average molecular weight is 460 g/mol. The third kappa shape index (κ3) is 5.01. The number of nitro benzene ring substituents is 1. The number of anilines is 2.